The molecular formula is C11H16ClNOS. The molecule has 0 fully saturated rings. The average Bonchev–Trinajstić information content (AvgIpc) is 2.26. The molecule has 0 aliphatic rings. The second kappa shape index (κ2) is 7.12. The minimum atomic E-state index is 0.177. The second-order valence-electron chi connectivity index (χ2n) is 3.47. The van der Waals surface area contributed by atoms with Gasteiger partial charge < -0.3 is 5.21 Å². The Bertz CT molecular complexity index is 278. The van der Waals surface area contributed by atoms with Crippen LogP contribution in [0.4, 0.5) is 0 Å². The molecule has 0 aliphatic heterocycles. The van der Waals surface area contributed by atoms with Crippen LogP contribution >= 0.6 is 23.4 Å². The lowest BCUT2D eigenvalue weighted by molar-refractivity contribution is 0.129. The Morgan fingerprint density at radius 1 is 1.40 bits per heavy atom. The summed E-state index contributed by atoms with van der Waals surface area (Å²) in [5.74, 6) is 1.06. The molecule has 1 rings (SSSR count). The number of hydrogen-bond donors (Lipinski definition) is 2. The van der Waals surface area contributed by atoms with Gasteiger partial charge in [0.15, 0.2) is 0 Å². The van der Waals surface area contributed by atoms with Gasteiger partial charge in [0.1, 0.15) is 0 Å². The first-order valence-corrected chi connectivity index (χ1v) is 6.36. The van der Waals surface area contributed by atoms with Gasteiger partial charge in [0.05, 0.1) is 0 Å². The van der Waals surface area contributed by atoms with Crippen molar-refractivity contribution in [3.63, 3.8) is 0 Å². The molecule has 4 heteroatoms. The molecule has 15 heavy (non-hydrogen) atoms. The highest BCUT2D eigenvalue weighted by Gasteiger charge is 1.99. The Kier molecular flexibility index (Phi) is 6.10. The van der Waals surface area contributed by atoms with E-state index in [0.717, 1.165) is 23.6 Å². The van der Waals surface area contributed by atoms with E-state index in [1.807, 2.05) is 43.0 Å². The molecule has 0 amide bonds. The van der Waals surface area contributed by atoms with Crippen molar-refractivity contribution in [2.75, 3.05) is 5.75 Å². The molecule has 0 saturated heterocycles. The molecule has 0 spiro atoms. The second-order valence-corrected chi connectivity index (χ2v) is 5.08. The third-order valence-electron chi connectivity index (χ3n) is 2.08. The summed E-state index contributed by atoms with van der Waals surface area (Å²) in [6.07, 6.45) is 2.07. The maximum atomic E-state index is 8.61. The number of halogens is 1. The molecule has 0 aromatic heterocycles. The molecule has 1 unspecified atom stereocenters. The quantitative estimate of drug-likeness (QED) is 0.457. The zero-order valence-electron chi connectivity index (χ0n) is 8.74. The van der Waals surface area contributed by atoms with Gasteiger partial charge in [-0.3, -0.25) is 0 Å². The average molecular weight is 246 g/mol. The summed E-state index contributed by atoms with van der Waals surface area (Å²) in [7, 11) is 0. The molecule has 2 nitrogen and oxygen atoms in total. The third-order valence-corrected chi connectivity index (χ3v) is 3.43. The van der Waals surface area contributed by atoms with Crippen LogP contribution in [0.3, 0.4) is 0 Å². The van der Waals surface area contributed by atoms with Gasteiger partial charge in [-0.2, -0.15) is 0 Å². The maximum Gasteiger partial charge on any atom is 0.0406 e. The molecule has 0 bridgehead atoms. The molecule has 84 valence electrons. The Morgan fingerprint density at radius 3 is 2.67 bits per heavy atom. The SMILES string of the molecule is CC(CCCSc1ccc(Cl)cc1)NO. The number of benzene rings is 1. The van der Waals surface area contributed by atoms with Crippen LogP contribution in [0.1, 0.15) is 19.8 Å². The molecule has 1 aromatic carbocycles. The topological polar surface area (TPSA) is 32.3 Å². The van der Waals surface area contributed by atoms with Crippen molar-refractivity contribution in [2.24, 2.45) is 0 Å². The van der Waals surface area contributed by atoms with Crippen molar-refractivity contribution in [2.45, 2.75) is 30.7 Å². The first-order chi connectivity index (χ1) is 7.22. The minimum Gasteiger partial charge on any atom is -0.317 e. The molecule has 0 aliphatic carbocycles. The summed E-state index contributed by atoms with van der Waals surface area (Å²) < 4.78 is 0. The highest BCUT2D eigenvalue weighted by atomic mass is 35.5. The Hall–Kier alpha value is -0.220. The summed E-state index contributed by atoms with van der Waals surface area (Å²) in [5.41, 5.74) is 2.24. The van der Waals surface area contributed by atoms with Crippen LogP contribution in [-0.2, 0) is 0 Å². The van der Waals surface area contributed by atoms with E-state index in [0.29, 0.717) is 0 Å². The lowest BCUT2D eigenvalue weighted by atomic mass is 10.2. The van der Waals surface area contributed by atoms with Crippen molar-refractivity contribution in [1.82, 2.24) is 5.48 Å². The first-order valence-electron chi connectivity index (χ1n) is 5.00. The van der Waals surface area contributed by atoms with E-state index in [2.05, 4.69) is 5.48 Å². The van der Waals surface area contributed by atoms with Crippen LogP contribution in [0.5, 0.6) is 0 Å². The normalized spacial score (nSPS) is 12.7. The van der Waals surface area contributed by atoms with Crippen molar-refractivity contribution >= 4 is 23.4 Å². The van der Waals surface area contributed by atoms with Gasteiger partial charge in [0.25, 0.3) is 0 Å². The van der Waals surface area contributed by atoms with Crippen LogP contribution in [-0.4, -0.2) is 17.0 Å². The van der Waals surface area contributed by atoms with Gasteiger partial charge in [0.2, 0.25) is 0 Å². The lowest BCUT2D eigenvalue weighted by Crippen LogP contribution is -2.21. The van der Waals surface area contributed by atoms with Crippen LogP contribution in [0.25, 0.3) is 0 Å². The van der Waals surface area contributed by atoms with E-state index in [1.54, 1.807) is 0 Å². The van der Waals surface area contributed by atoms with E-state index in [4.69, 9.17) is 16.8 Å². The van der Waals surface area contributed by atoms with Gasteiger partial charge in [-0.25, -0.2) is 5.48 Å². The van der Waals surface area contributed by atoms with E-state index < -0.39 is 0 Å². The highest BCUT2D eigenvalue weighted by molar-refractivity contribution is 7.99. The number of thioether (sulfide) groups is 1. The van der Waals surface area contributed by atoms with Crippen LogP contribution in [0, 0.1) is 0 Å². The van der Waals surface area contributed by atoms with E-state index in [9.17, 15) is 0 Å². The lowest BCUT2D eigenvalue weighted by Gasteiger charge is -2.07. The summed E-state index contributed by atoms with van der Waals surface area (Å²) in [6, 6.07) is 8.04. The maximum absolute atomic E-state index is 8.61. The number of rotatable bonds is 6. The van der Waals surface area contributed by atoms with Gasteiger partial charge in [-0.15, -0.1) is 11.8 Å². The monoisotopic (exact) mass is 245 g/mol. The highest BCUT2D eigenvalue weighted by Crippen LogP contribution is 2.21. The Balaban J connectivity index is 2.17. The zero-order valence-corrected chi connectivity index (χ0v) is 10.3. The fourth-order valence-electron chi connectivity index (χ4n) is 1.17. The molecule has 1 aromatic rings. The fourth-order valence-corrected chi connectivity index (χ4v) is 2.18. The fraction of sp³-hybridized carbons (Fsp3) is 0.455. The molecule has 0 heterocycles. The van der Waals surface area contributed by atoms with E-state index in [1.165, 1.54) is 4.90 Å². The number of hydrogen-bond acceptors (Lipinski definition) is 3. The third kappa shape index (κ3) is 5.42. The minimum absolute atomic E-state index is 0.177. The Labute approximate surface area is 100.0 Å². The summed E-state index contributed by atoms with van der Waals surface area (Å²) in [4.78, 5) is 1.24. The van der Waals surface area contributed by atoms with Crippen LogP contribution in [0.2, 0.25) is 5.02 Å². The van der Waals surface area contributed by atoms with Gasteiger partial charge >= 0.3 is 0 Å². The smallest absolute Gasteiger partial charge is 0.0406 e. The summed E-state index contributed by atoms with van der Waals surface area (Å²) in [6.45, 7) is 1.97. The van der Waals surface area contributed by atoms with Crippen molar-refractivity contribution in [3.8, 4) is 0 Å². The molecule has 1 atom stereocenters. The van der Waals surface area contributed by atoms with Crippen LogP contribution in [0.15, 0.2) is 29.2 Å². The van der Waals surface area contributed by atoms with Gasteiger partial charge in [-0.05, 0) is 49.8 Å². The molecule has 0 saturated carbocycles. The Morgan fingerprint density at radius 2 is 2.07 bits per heavy atom. The molecular weight excluding hydrogens is 230 g/mol. The number of nitrogens with one attached hydrogen (secondary N) is 1. The molecule has 0 radical (unpaired) electrons. The van der Waals surface area contributed by atoms with E-state index >= 15 is 0 Å². The van der Waals surface area contributed by atoms with Crippen molar-refractivity contribution < 1.29 is 5.21 Å². The van der Waals surface area contributed by atoms with Crippen LogP contribution < -0.4 is 5.48 Å². The van der Waals surface area contributed by atoms with Crippen molar-refractivity contribution in [1.29, 1.82) is 0 Å². The first kappa shape index (κ1) is 12.8. The largest absolute Gasteiger partial charge is 0.317 e. The number of hydroxylamine groups is 1. The zero-order chi connectivity index (χ0) is 11.1. The predicted molar refractivity (Wildman–Crippen MR) is 65.8 cm³/mol. The van der Waals surface area contributed by atoms with Gasteiger partial charge in [0, 0.05) is 16.0 Å². The summed E-state index contributed by atoms with van der Waals surface area (Å²) in [5, 5.41) is 9.39. The summed E-state index contributed by atoms with van der Waals surface area (Å²) >= 11 is 7.60. The van der Waals surface area contributed by atoms with E-state index in [-0.39, 0.29) is 6.04 Å². The predicted octanol–water partition coefficient (Wildman–Crippen LogP) is 3.58. The van der Waals surface area contributed by atoms with Gasteiger partial charge in [-0.1, -0.05) is 11.6 Å². The standard InChI is InChI=1S/C11H16ClNOS/c1-9(13-14)3-2-8-15-11-6-4-10(12)5-7-11/h4-7,9,13-14H,2-3,8H2,1H3. The molecule has 2 N–H and O–H groups in total. The van der Waals surface area contributed by atoms with Crippen molar-refractivity contribution in [3.05, 3.63) is 29.3 Å².